The maximum absolute atomic E-state index is 3.75. The monoisotopic (exact) mass is 288 g/mol. The van der Waals surface area contributed by atoms with Crippen LogP contribution >= 0.6 is 0 Å². The van der Waals surface area contributed by atoms with Crippen LogP contribution in [0.3, 0.4) is 0 Å². The molecule has 0 saturated carbocycles. The van der Waals surface area contributed by atoms with Crippen LogP contribution in [-0.2, 0) is 0 Å². The minimum absolute atomic E-state index is 0.609. The first kappa shape index (κ1) is 16.5. The van der Waals surface area contributed by atoms with Crippen molar-refractivity contribution in [3.63, 3.8) is 0 Å². The Bertz CT molecular complexity index is 401. The van der Waals surface area contributed by atoms with Crippen molar-refractivity contribution < 1.29 is 0 Å². The molecule has 3 unspecified atom stereocenters. The summed E-state index contributed by atoms with van der Waals surface area (Å²) in [4.78, 5) is 2.72. The van der Waals surface area contributed by atoms with Gasteiger partial charge in [0.2, 0.25) is 0 Å². The second kappa shape index (κ2) is 7.95. The van der Waals surface area contributed by atoms with E-state index in [1.165, 1.54) is 31.5 Å². The molecule has 2 heteroatoms. The zero-order valence-electron chi connectivity index (χ0n) is 14.2. The normalized spacial score (nSPS) is 25.2. The van der Waals surface area contributed by atoms with Crippen LogP contribution in [-0.4, -0.2) is 36.6 Å². The van der Waals surface area contributed by atoms with Crippen LogP contribution in [0.5, 0.6) is 0 Å². The molecular formula is C19H32N2. The van der Waals surface area contributed by atoms with Gasteiger partial charge in [-0.1, -0.05) is 58.0 Å². The quantitative estimate of drug-likeness (QED) is 0.854. The Hall–Kier alpha value is -0.860. The summed E-state index contributed by atoms with van der Waals surface area (Å²) in [7, 11) is 0. The van der Waals surface area contributed by atoms with Crippen LogP contribution in [0.4, 0.5) is 0 Å². The van der Waals surface area contributed by atoms with Gasteiger partial charge < -0.3 is 5.32 Å². The van der Waals surface area contributed by atoms with Crippen LogP contribution < -0.4 is 5.32 Å². The Balaban J connectivity index is 1.97. The molecule has 0 aromatic heterocycles. The number of benzene rings is 1. The minimum atomic E-state index is 0.609. The molecule has 21 heavy (non-hydrogen) atoms. The van der Waals surface area contributed by atoms with Gasteiger partial charge in [0.25, 0.3) is 0 Å². The largest absolute Gasteiger partial charge is 0.311 e. The first-order chi connectivity index (χ1) is 10.1. The fraction of sp³-hybridized carbons (Fsp3) is 0.684. The third-order valence-electron chi connectivity index (χ3n) is 4.72. The number of nitrogens with one attached hydrogen (secondary N) is 1. The van der Waals surface area contributed by atoms with Gasteiger partial charge in [0.05, 0.1) is 0 Å². The molecule has 0 spiro atoms. The highest BCUT2D eigenvalue weighted by atomic mass is 15.2. The van der Waals surface area contributed by atoms with E-state index in [2.05, 4.69) is 68.2 Å². The molecular weight excluding hydrogens is 256 g/mol. The average molecular weight is 288 g/mol. The van der Waals surface area contributed by atoms with Crippen molar-refractivity contribution in [3.05, 3.63) is 35.9 Å². The lowest BCUT2D eigenvalue weighted by Crippen LogP contribution is -2.57. The van der Waals surface area contributed by atoms with Gasteiger partial charge in [-0.15, -0.1) is 0 Å². The average Bonchev–Trinajstić information content (AvgIpc) is 2.48. The number of nitrogens with zero attached hydrogens (tertiary/aromatic N) is 1. The van der Waals surface area contributed by atoms with E-state index in [1.54, 1.807) is 0 Å². The van der Waals surface area contributed by atoms with Crippen LogP contribution in [0.25, 0.3) is 0 Å². The summed E-state index contributed by atoms with van der Waals surface area (Å²) in [5.41, 5.74) is 1.46. The highest BCUT2D eigenvalue weighted by Gasteiger charge is 2.28. The Morgan fingerprint density at radius 1 is 1.19 bits per heavy atom. The zero-order valence-corrected chi connectivity index (χ0v) is 14.2. The molecule has 1 N–H and O–H groups in total. The SMILES string of the molecule is CCC1CNC(CC(C)C)CN1CC(C)c1ccccc1. The van der Waals surface area contributed by atoms with Gasteiger partial charge in [-0.05, 0) is 30.2 Å². The van der Waals surface area contributed by atoms with Crippen molar-refractivity contribution in [2.75, 3.05) is 19.6 Å². The Kier molecular flexibility index (Phi) is 6.25. The van der Waals surface area contributed by atoms with Crippen molar-refractivity contribution in [2.24, 2.45) is 5.92 Å². The van der Waals surface area contributed by atoms with Gasteiger partial charge in [0.15, 0.2) is 0 Å². The molecule has 0 amide bonds. The number of hydrogen-bond acceptors (Lipinski definition) is 2. The molecule has 3 atom stereocenters. The molecule has 0 radical (unpaired) electrons. The topological polar surface area (TPSA) is 15.3 Å². The summed E-state index contributed by atoms with van der Waals surface area (Å²) in [6.45, 7) is 12.9. The predicted molar refractivity (Wildman–Crippen MR) is 91.8 cm³/mol. The van der Waals surface area contributed by atoms with E-state index in [0.29, 0.717) is 18.0 Å². The Morgan fingerprint density at radius 3 is 2.52 bits per heavy atom. The lowest BCUT2D eigenvalue weighted by atomic mass is 9.95. The second-order valence-electron chi connectivity index (χ2n) is 7.06. The van der Waals surface area contributed by atoms with Crippen LogP contribution in [0.1, 0.15) is 52.0 Å². The van der Waals surface area contributed by atoms with Gasteiger partial charge in [-0.2, -0.15) is 0 Å². The summed E-state index contributed by atoms with van der Waals surface area (Å²) in [5.74, 6) is 1.38. The van der Waals surface area contributed by atoms with E-state index in [0.717, 1.165) is 12.5 Å². The molecule has 1 fully saturated rings. The maximum atomic E-state index is 3.75. The first-order valence-electron chi connectivity index (χ1n) is 8.62. The van der Waals surface area contributed by atoms with Crippen molar-refractivity contribution in [3.8, 4) is 0 Å². The molecule has 0 bridgehead atoms. The zero-order chi connectivity index (χ0) is 15.2. The minimum Gasteiger partial charge on any atom is -0.311 e. The molecule has 1 saturated heterocycles. The number of piperazine rings is 1. The van der Waals surface area contributed by atoms with E-state index in [-0.39, 0.29) is 0 Å². The van der Waals surface area contributed by atoms with Gasteiger partial charge >= 0.3 is 0 Å². The fourth-order valence-electron chi connectivity index (χ4n) is 3.52. The van der Waals surface area contributed by atoms with Gasteiger partial charge in [0, 0.05) is 31.7 Å². The Labute approximate surface area is 130 Å². The number of hydrogen-bond donors (Lipinski definition) is 1. The molecule has 1 aromatic rings. The van der Waals surface area contributed by atoms with E-state index in [1.807, 2.05) is 0 Å². The summed E-state index contributed by atoms with van der Waals surface area (Å²) < 4.78 is 0. The molecule has 1 aromatic carbocycles. The lowest BCUT2D eigenvalue weighted by molar-refractivity contribution is 0.113. The number of rotatable bonds is 6. The molecule has 0 aliphatic carbocycles. The summed E-state index contributed by atoms with van der Waals surface area (Å²) in [5, 5.41) is 3.75. The van der Waals surface area contributed by atoms with E-state index < -0.39 is 0 Å². The molecule has 1 aliphatic heterocycles. The molecule has 1 aliphatic rings. The van der Waals surface area contributed by atoms with Gasteiger partial charge in [-0.25, -0.2) is 0 Å². The third kappa shape index (κ3) is 4.82. The standard InChI is InChI=1S/C19H32N2/c1-5-19-12-20-18(11-15(2)3)14-21(19)13-16(4)17-9-7-6-8-10-17/h6-10,15-16,18-20H,5,11-14H2,1-4H3. The molecule has 1 heterocycles. The van der Waals surface area contributed by atoms with Crippen LogP contribution in [0.15, 0.2) is 30.3 Å². The fourth-order valence-corrected chi connectivity index (χ4v) is 3.52. The summed E-state index contributed by atoms with van der Waals surface area (Å²) >= 11 is 0. The van der Waals surface area contributed by atoms with E-state index in [9.17, 15) is 0 Å². The van der Waals surface area contributed by atoms with Crippen molar-refractivity contribution in [2.45, 2.75) is 58.5 Å². The second-order valence-corrected chi connectivity index (χ2v) is 7.06. The molecule has 2 rings (SSSR count). The third-order valence-corrected chi connectivity index (χ3v) is 4.72. The highest BCUT2D eigenvalue weighted by Crippen LogP contribution is 2.21. The van der Waals surface area contributed by atoms with Crippen molar-refractivity contribution in [1.82, 2.24) is 10.2 Å². The summed E-state index contributed by atoms with van der Waals surface area (Å²) in [6.07, 6.45) is 2.52. The van der Waals surface area contributed by atoms with Gasteiger partial charge in [-0.3, -0.25) is 4.90 Å². The van der Waals surface area contributed by atoms with Crippen molar-refractivity contribution >= 4 is 0 Å². The van der Waals surface area contributed by atoms with Crippen LogP contribution in [0, 0.1) is 5.92 Å². The smallest absolute Gasteiger partial charge is 0.0219 e. The first-order valence-corrected chi connectivity index (χ1v) is 8.62. The molecule has 118 valence electrons. The molecule has 2 nitrogen and oxygen atoms in total. The van der Waals surface area contributed by atoms with Crippen LogP contribution in [0.2, 0.25) is 0 Å². The highest BCUT2D eigenvalue weighted by molar-refractivity contribution is 5.19. The maximum Gasteiger partial charge on any atom is 0.0219 e. The van der Waals surface area contributed by atoms with E-state index in [4.69, 9.17) is 0 Å². The predicted octanol–water partition coefficient (Wildman–Crippen LogP) is 3.89. The summed E-state index contributed by atoms with van der Waals surface area (Å²) in [6, 6.07) is 12.3. The van der Waals surface area contributed by atoms with Gasteiger partial charge in [0.1, 0.15) is 0 Å². The lowest BCUT2D eigenvalue weighted by Gasteiger charge is -2.42. The Morgan fingerprint density at radius 2 is 1.90 bits per heavy atom. The van der Waals surface area contributed by atoms with E-state index >= 15 is 0 Å². The van der Waals surface area contributed by atoms with Crippen molar-refractivity contribution in [1.29, 1.82) is 0 Å².